The second kappa shape index (κ2) is 6.08. The lowest BCUT2D eigenvalue weighted by Gasteiger charge is -2.07. The van der Waals surface area contributed by atoms with Crippen LogP contribution in [-0.4, -0.2) is 29.1 Å². The Morgan fingerprint density at radius 2 is 2.19 bits per heavy atom. The Morgan fingerprint density at radius 3 is 2.81 bits per heavy atom. The number of ether oxygens (including phenoxy) is 1. The number of carbonyl (C=O) groups is 2. The summed E-state index contributed by atoms with van der Waals surface area (Å²) in [6.07, 6.45) is 2.92. The van der Waals surface area contributed by atoms with Gasteiger partial charge in [-0.05, 0) is 19.1 Å². The summed E-state index contributed by atoms with van der Waals surface area (Å²) in [6.45, 7) is 1.64. The minimum Gasteiger partial charge on any atom is -0.494 e. The van der Waals surface area contributed by atoms with Gasteiger partial charge in [0.05, 0.1) is 25.4 Å². The van der Waals surface area contributed by atoms with E-state index in [1.807, 2.05) is 0 Å². The quantitative estimate of drug-likeness (QED) is 0.867. The van der Waals surface area contributed by atoms with Gasteiger partial charge >= 0.3 is 5.97 Å². The van der Waals surface area contributed by atoms with Gasteiger partial charge in [-0.1, -0.05) is 0 Å². The van der Waals surface area contributed by atoms with Gasteiger partial charge in [-0.25, -0.2) is 4.79 Å². The van der Waals surface area contributed by atoms with E-state index in [4.69, 9.17) is 14.3 Å². The van der Waals surface area contributed by atoms with Crippen LogP contribution < -0.4 is 10.1 Å². The third-order valence-electron chi connectivity index (χ3n) is 2.87. The van der Waals surface area contributed by atoms with Crippen LogP contribution in [0, 0.1) is 6.92 Å². The number of aromatic nitrogens is 1. The number of hydrogen-bond donors (Lipinski definition) is 2. The maximum Gasteiger partial charge on any atom is 0.339 e. The number of amides is 1. The molecule has 0 saturated heterocycles. The molecular weight excluding hydrogens is 276 g/mol. The second-order valence-corrected chi connectivity index (χ2v) is 4.25. The van der Waals surface area contributed by atoms with Gasteiger partial charge in [0.25, 0.3) is 5.91 Å². The van der Waals surface area contributed by atoms with Gasteiger partial charge in [-0.15, -0.1) is 0 Å². The summed E-state index contributed by atoms with van der Waals surface area (Å²) in [4.78, 5) is 26.8. The first-order valence-electron chi connectivity index (χ1n) is 6.11. The van der Waals surface area contributed by atoms with E-state index < -0.39 is 5.97 Å². The summed E-state index contributed by atoms with van der Waals surface area (Å²) in [5.41, 5.74) is 0.426. The van der Waals surface area contributed by atoms with Gasteiger partial charge in [-0.3, -0.25) is 9.78 Å². The predicted octanol–water partition coefficient (Wildman–Crippen LogP) is 1.62. The van der Waals surface area contributed by atoms with E-state index in [1.165, 1.54) is 31.6 Å². The molecule has 110 valence electrons. The van der Waals surface area contributed by atoms with Crippen LogP contribution in [0.2, 0.25) is 0 Å². The number of carbonyl (C=O) groups excluding carboxylic acids is 1. The standard InChI is InChI=1S/C14H14N2O5/c1-8-11(14(18)19)5-9(21-8)6-16-13(17)10-3-4-15-7-12(10)20-2/h3-5,7H,6H2,1-2H3,(H,16,17)(H,18,19). The zero-order valence-electron chi connectivity index (χ0n) is 11.5. The summed E-state index contributed by atoms with van der Waals surface area (Å²) in [6, 6.07) is 2.92. The Bertz CT molecular complexity index is 678. The fourth-order valence-corrected chi connectivity index (χ4v) is 1.84. The number of hydrogen-bond acceptors (Lipinski definition) is 5. The second-order valence-electron chi connectivity index (χ2n) is 4.25. The topological polar surface area (TPSA) is 102 Å². The number of nitrogens with one attached hydrogen (secondary N) is 1. The molecular formula is C14H14N2O5. The Labute approximate surface area is 120 Å². The van der Waals surface area contributed by atoms with E-state index in [9.17, 15) is 9.59 Å². The number of nitrogens with zero attached hydrogens (tertiary/aromatic N) is 1. The highest BCUT2D eigenvalue weighted by molar-refractivity contribution is 5.96. The van der Waals surface area contributed by atoms with Crippen molar-refractivity contribution in [2.45, 2.75) is 13.5 Å². The highest BCUT2D eigenvalue weighted by Gasteiger charge is 2.16. The van der Waals surface area contributed by atoms with Crippen LogP contribution in [0.15, 0.2) is 28.9 Å². The van der Waals surface area contributed by atoms with Crippen molar-refractivity contribution >= 4 is 11.9 Å². The highest BCUT2D eigenvalue weighted by atomic mass is 16.5. The molecule has 7 nitrogen and oxygen atoms in total. The molecule has 2 heterocycles. The predicted molar refractivity (Wildman–Crippen MR) is 72.4 cm³/mol. The molecule has 2 N–H and O–H groups in total. The molecule has 7 heteroatoms. The molecule has 0 saturated carbocycles. The molecule has 1 amide bonds. The number of aromatic carboxylic acids is 1. The van der Waals surface area contributed by atoms with Crippen molar-refractivity contribution in [3.05, 3.63) is 47.2 Å². The third-order valence-corrected chi connectivity index (χ3v) is 2.87. The van der Waals surface area contributed by atoms with Crippen molar-refractivity contribution in [3.63, 3.8) is 0 Å². The summed E-state index contributed by atoms with van der Waals surface area (Å²) < 4.78 is 10.3. The van der Waals surface area contributed by atoms with Gasteiger partial charge in [-0.2, -0.15) is 0 Å². The molecule has 0 aliphatic carbocycles. The summed E-state index contributed by atoms with van der Waals surface area (Å²) in [5.74, 6) is -0.402. The van der Waals surface area contributed by atoms with Crippen LogP contribution >= 0.6 is 0 Å². The van der Waals surface area contributed by atoms with Crippen LogP contribution in [0.3, 0.4) is 0 Å². The van der Waals surface area contributed by atoms with Gasteiger partial charge in [0.15, 0.2) is 0 Å². The molecule has 21 heavy (non-hydrogen) atoms. The Morgan fingerprint density at radius 1 is 1.43 bits per heavy atom. The fourth-order valence-electron chi connectivity index (χ4n) is 1.84. The zero-order chi connectivity index (χ0) is 15.4. The van der Waals surface area contributed by atoms with Gasteiger partial charge < -0.3 is 19.6 Å². The molecule has 0 radical (unpaired) electrons. The van der Waals surface area contributed by atoms with Crippen LogP contribution in [0.25, 0.3) is 0 Å². The molecule has 0 aliphatic rings. The molecule has 0 spiro atoms. The van der Waals surface area contributed by atoms with Crippen molar-refractivity contribution in [2.24, 2.45) is 0 Å². The lowest BCUT2D eigenvalue weighted by molar-refractivity contribution is 0.0694. The Kier molecular flexibility index (Phi) is 4.22. The molecule has 0 aromatic carbocycles. The van der Waals surface area contributed by atoms with E-state index in [2.05, 4.69) is 10.3 Å². The molecule has 0 unspecified atom stereocenters. The van der Waals surface area contributed by atoms with Gasteiger partial charge in [0.2, 0.25) is 0 Å². The van der Waals surface area contributed by atoms with Crippen LogP contribution in [-0.2, 0) is 6.54 Å². The molecule has 0 aliphatic heterocycles. The fraction of sp³-hybridized carbons (Fsp3) is 0.214. The maximum atomic E-state index is 12.0. The van der Waals surface area contributed by atoms with Crippen LogP contribution in [0.1, 0.15) is 32.2 Å². The Balaban J connectivity index is 2.07. The monoisotopic (exact) mass is 290 g/mol. The molecule has 0 atom stereocenters. The number of pyridine rings is 1. The lowest BCUT2D eigenvalue weighted by atomic mass is 10.2. The molecule has 2 aromatic rings. The van der Waals surface area contributed by atoms with E-state index in [0.29, 0.717) is 22.8 Å². The third kappa shape index (κ3) is 3.19. The van der Waals surface area contributed by atoms with Crippen molar-refractivity contribution in [1.82, 2.24) is 10.3 Å². The molecule has 0 bridgehead atoms. The van der Waals surface area contributed by atoms with Crippen molar-refractivity contribution < 1.29 is 23.8 Å². The molecule has 2 aromatic heterocycles. The van der Waals surface area contributed by atoms with E-state index in [1.54, 1.807) is 6.92 Å². The molecule has 2 rings (SSSR count). The Hall–Kier alpha value is -2.83. The average Bonchev–Trinajstić information content (AvgIpc) is 2.86. The summed E-state index contributed by atoms with van der Waals surface area (Å²) in [7, 11) is 1.45. The maximum absolute atomic E-state index is 12.0. The van der Waals surface area contributed by atoms with Crippen molar-refractivity contribution in [3.8, 4) is 5.75 Å². The minimum atomic E-state index is -1.07. The number of aryl methyl sites for hydroxylation is 1. The average molecular weight is 290 g/mol. The van der Waals surface area contributed by atoms with Gasteiger partial charge in [0.1, 0.15) is 22.8 Å². The highest BCUT2D eigenvalue weighted by Crippen LogP contribution is 2.17. The van der Waals surface area contributed by atoms with Crippen molar-refractivity contribution in [1.29, 1.82) is 0 Å². The normalized spacial score (nSPS) is 10.2. The minimum absolute atomic E-state index is 0.0818. The number of furan rings is 1. The van der Waals surface area contributed by atoms with E-state index in [-0.39, 0.29) is 18.0 Å². The smallest absolute Gasteiger partial charge is 0.339 e. The SMILES string of the molecule is COc1cnccc1C(=O)NCc1cc(C(=O)O)c(C)o1. The number of rotatable bonds is 5. The zero-order valence-corrected chi connectivity index (χ0v) is 11.5. The lowest BCUT2D eigenvalue weighted by Crippen LogP contribution is -2.23. The number of methoxy groups -OCH3 is 1. The first-order valence-corrected chi connectivity index (χ1v) is 6.11. The van der Waals surface area contributed by atoms with Crippen LogP contribution in [0.4, 0.5) is 0 Å². The first-order chi connectivity index (χ1) is 10.0. The van der Waals surface area contributed by atoms with E-state index >= 15 is 0 Å². The first kappa shape index (κ1) is 14.6. The van der Waals surface area contributed by atoms with Crippen LogP contribution in [0.5, 0.6) is 5.75 Å². The van der Waals surface area contributed by atoms with Crippen molar-refractivity contribution in [2.75, 3.05) is 7.11 Å². The number of carboxylic acids is 1. The largest absolute Gasteiger partial charge is 0.494 e. The summed E-state index contributed by atoms with van der Waals surface area (Å²) in [5, 5.41) is 11.6. The summed E-state index contributed by atoms with van der Waals surface area (Å²) >= 11 is 0. The number of carboxylic acid groups (broad SMARTS) is 1. The van der Waals surface area contributed by atoms with Gasteiger partial charge in [0, 0.05) is 6.20 Å². The van der Waals surface area contributed by atoms with E-state index in [0.717, 1.165) is 0 Å². The molecule has 0 fully saturated rings.